The Hall–Kier alpha value is -0.0800. The fourth-order valence-corrected chi connectivity index (χ4v) is 2.38. The van der Waals surface area contributed by atoms with Crippen molar-refractivity contribution in [3.05, 3.63) is 0 Å². The zero-order valence-electron chi connectivity index (χ0n) is 12.6. The zero-order valence-corrected chi connectivity index (χ0v) is 12.6. The molecule has 17 heavy (non-hydrogen) atoms. The fourth-order valence-electron chi connectivity index (χ4n) is 2.38. The molecule has 0 aliphatic carbocycles. The van der Waals surface area contributed by atoms with E-state index in [1.54, 1.807) is 0 Å². The van der Waals surface area contributed by atoms with E-state index in [0.717, 1.165) is 26.1 Å². The lowest BCUT2D eigenvalue weighted by atomic mass is 9.79. The van der Waals surface area contributed by atoms with Gasteiger partial charge in [0.2, 0.25) is 0 Å². The highest BCUT2D eigenvalue weighted by atomic mass is 16.7. The van der Waals surface area contributed by atoms with Crippen molar-refractivity contribution in [1.29, 1.82) is 0 Å². The van der Waals surface area contributed by atoms with Crippen LogP contribution in [-0.2, 0) is 9.47 Å². The smallest absolute Gasteiger partial charge is 0.173 e. The Labute approximate surface area is 107 Å². The molecule has 0 spiro atoms. The average Bonchev–Trinajstić information content (AvgIpc) is 2.15. The summed E-state index contributed by atoms with van der Waals surface area (Å²) in [6.07, 6.45) is 4.42. The van der Waals surface area contributed by atoms with Crippen LogP contribution in [-0.4, -0.2) is 19.0 Å². The number of hydrogen-bond acceptors (Lipinski definition) is 2. The first-order valence-corrected chi connectivity index (χ1v) is 6.94. The first-order chi connectivity index (χ1) is 7.66. The van der Waals surface area contributed by atoms with Crippen molar-refractivity contribution in [2.75, 3.05) is 13.2 Å². The molecule has 0 atom stereocenters. The van der Waals surface area contributed by atoms with E-state index in [9.17, 15) is 0 Å². The lowest BCUT2D eigenvalue weighted by Gasteiger charge is -2.46. The van der Waals surface area contributed by atoms with Crippen molar-refractivity contribution < 1.29 is 9.47 Å². The summed E-state index contributed by atoms with van der Waals surface area (Å²) in [5.74, 6) is -0.365. The molecule has 0 bridgehead atoms. The van der Waals surface area contributed by atoms with Crippen LogP contribution in [0.3, 0.4) is 0 Å². The molecule has 2 heteroatoms. The molecule has 1 heterocycles. The first kappa shape index (κ1) is 15.0. The summed E-state index contributed by atoms with van der Waals surface area (Å²) in [5.41, 5.74) is 0.443. The van der Waals surface area contributed by atoms with Crippen molar-refractivity contribution in [2.45, 2.75) is 73.0 Å². The molecule has 0 amide bonds. The summed E-state index contributed by atoms with van der Waals surface area (Å²) < 4.78 is 12.0. The second-order valence-electron chi connectivity index (χ2n) is 7.47. The fraction of sp³-hybridized carbons (Fsp3) is 1.00. The number of rotatable bonds is 3. The molecule has 1 fully saturated rings. The molecule has 0 unspecified atom stereocenters. The maximum Gasteiger partial charge on any atom is 0.173 e. The molecule has 1 aliphatic heterocycles. The Balaban J connectivity index is 2.59. The van der Waals surface area contributed by atoms with Crippen LogP contribution in [0.4, 0.5) is 0 Å². The number of hydrogen-bond donors (Lipinski definition) is 0. The minimum absolute atomic E-state index is 0.0469. The van der Waals surface area contributed by atoms with Crippen LogP contribution in [0.1, 0.15) is 67.2 Å². The lowest BCUT2D eigenvalue weighted by Crippen LogP contribution is -2.51. The highest BCUT2D eigenvalue weighted by Gasteiger charge is 2.45. The van der Waals surface area contributed by atoms with Crippen LogP contribution >= 0.6 is 0 Å². The van der Waals surface area contributed by atoms with Crippen LogP contribution in [0.15, 0.2) is 0 Å². The highest BCUT2D eigenvalue weighted by Crippen LogP contribution is 2.41. The standard InChI is InChI=1S/C15H30O2/c1-13(2,3)9-7-10-15(14(4,5)6)16-11-8-12-17-15/h7-12H2,1-6H3. The van der Waals surface area contributed by atoms with E-state index >= 15 is 0 Å². The maximum absolute atomic E-state index is 6.02. The van der Waals surface area contributed by atoms with Gasteiger partial charge >= 0.3 is 0 Å². The summed E-state index contributed by atoms with van der Waals surface area (Å²) in [4.78, 5) is 0. The second-order valence-corrected chi connectivity index (χ2v) is 7.47. The summed E-state index contributed by atoms with van der Waals surface area (Å²) in [5, 5.41) is 0. The molecule has 0 aromatic heterocycles. The molecule has 102 valence electrons. The van der Waals surface area contributed by atoms with Crippen molar-refractivity contribution in [2.24, 2.45) is 10.8 Å². The molecule has 1 aliphatic rings. The largest absolute Gasteiger partial charge is 0.349 e. The highest BCUT2D eigenvalue weighted by molar-refractivity contribution is 4.86. The molecule has 2 nitrogen and oxygen atoms in total. The Morgan fingerprint density at radius 1 is 0.941 bits per heavy atom. The summed E-state index contributed by atoms with van der Waals surface area (Å²) in [6.45, 7) is 15.2. The zero-order chi connectivity index (χ0) is 13.2. The Morgan fingerprint density at radius 2 is 1.47 bits per heavy atom. The van der Waals surface area contributed by atoms with Crippen LogP contribution in [0.2, 0.25) is 0 Å². The van der Waals surface area contributed by atoms with Gasteiger partial charge in [-0.3, -0.25) is 0 Å². The SMILES string of the molecule is CC(C)(C)CCCC1(C(C)(C)C)OCCCO1. The van der Waals surface area contributed by atoms with Gasteiger partial charge in [-0.05, 0) is 24.7 Å². The Morgan fingerprint density at radius 3 is 1.88 bits per heavy atom. The van der Waals surface area contributed by atoms with Crippen LogP contribution < -0.4 is 0 Å². The van der Waals surface area contributed by atoms with E-state index in [4.69, 9.17) is 9.47 Å². The Kier molecular flexibility index (Phi) is 4.65. The summed E-state index contributed by atoms with van der Waals surface area (Å²) >= 11 is 0. The normalized spacial score (nSPS) is 21.5. The van der Waals surface area contributed by atoms with Crippen molar-refractivity contribution in [3.63, 3.8) is 0 Å². The molecular weight excluding hydrogens is 212 g/mol. The topological polar surface area (TPSA) is 18.5 Å². The molecule has 0 saturated carbocycles. The monoisotopic (exact) mass is 242 g/mol. The van der Waals surface area contributed by atoms with Gasteiger partial charge in [0.05, 0.1) is 13.2 Å². The number of ether oxygens (including phenoxy) is 2. The first-order valence-electron chi connectivity index (χ1n) is 6.94. The van der Waals surface area contributed by atoms with Gasteiger partial charge in [0.25, 0.3) is 0 Å². The van der Waals surface area contributed by atoms with E-state index < -0.39 is 0 Å². The third-order valence-corrected chi connectivity index (χ3v) is 3.53. The van der Waals surface area contributed by atoms with Gasteiger partial charge in [0.15, 0.2) is 5.79 Å². The predicted molar refractivity (Wildman–Crippen MR) is 72.0 cm³/mol. The van der Waals surface area contributed by atoms with Crippen molar-refractivity contribution in [1.82, 2.24) is 0 Å². The summed E-state index contributed by atoms with van der Waals surface area (Å²) in [7, 11) is 0. The third kappa shape index (κ3) is 4.26. The van der Waals surface area contributed by atoms with E-state index in [2.05, 4.69) is 41.5 Å². The lowest BCUT2D eigenvalue weighted by molar-refractivity contribution is -0.317. The minimum atomic E-state index is -0.365. The molecule has 0 N–H and O–H groups in total. The van der Waals surface area contributed by atoms with Gasteiger partial charge in [-0.1, -0.05) is 41.5 Å². The average molecular weight is 242 g/mol. The van der Waals surface area contributed by atoms with Crippen LogP contribution in [0.25, 0.3) is 0 Å². The van der Waals surface area contributed by atoms with E-state index in [-0.39, 0.29) is 11.2 Å². The van der Waals surface area contributed by atoms with Crippen molar-refractivity contribution in [3.8, 4) is 0 Å². The van der Waals surface area contributed by atoms with E-state index in [0.29, 0.717) is 5.41 Å². The van der Waals surface area contributed by atoms with Gasteiger partial charge in [-0.2, -0.15) is 0 Å². The van der Waals surface area contributed by atoms with Crippen LogP contribution in [0, 0.1) is 10.8 Å². The van der Waals surface area contributed by atoms with E-state index in [1.807, 2.05) is 0 Å². The molecule has 0 radical (unpaired) electrons. The van der Waals surface area contributed by atoms with Crippen molar-refractivity contribution >= 4 is 0 Å². The van der Waals surface area contributed by atoms with Gasteiger partial charge in [0.1, 0.15) is 0 Å². The van der Waals surface area contributed by atoms with Gasteiger partial charge in [0, 0.05) is 11.8 Å². The summed E-state index contributed by atoms with van der Waals surface area (Å²) in [6, 6.07) is 0. The van der Waals surface area contributed by atoms with Gasteiger partial charge in [-0.25, -0.2) is 0 Å². The quantitative estimate of drug-likeness (QED) is 0.731. The second kappa shape index (κ2) is 5.27. The van der Waals surface area contributed by atoms with Crippen LogP contribution in [0.5, 0.6) is 0 Å². The molecular formula is C15H30O2. The molecule has 0 aromatic carbocycles. The predicted octanol–water partition coefficient (Wildman–Crippen LogP) is 4.38. The van der Waals surface area contributed by atoms with Gasteiger partial charge in [-0.15, -0.1) is 0 Å². The van der Waals surface area contributed by atoms with E-state index in [1.165, 1.54) is 12.8 Å². The Bertz CT molecular complexity index is 226. The molecule has 1 saturated heterocycles. The minimum Gasteiger partial charge on any atom is -0.349 e. The molecule has 0 aromatic rings. The maximum atomic E-state index is 6.02. The third-order valence-electron chi connectivity index (χ3n) is 3.53. The van der Waals surface area contributed by atoms with Gasteiger partial charge < -0.3 is 9.47 Å². The molecule has 1 rings (SSSR count).